The third kappa shape index (κ3) is 2.32. The van der Waals surface area contributed by atoms with E-state index in [2.05, 4.69) is 37.5 Å². The quantitative estimate of drug-likeness (QED) is 0.775. The van der Waals surface area contributed by atoms with Crippen molar-refractivity contribution >= 4 is 34.5 Å². The van der Waals surface area contributed by atoms with E-state index in [-0.39, 0.29) is 11.9 Å². The number of nitrogens with two attached hydrogens (primary N) is 2. The van der Waals surface area contributed by atoms with E-state index in [9.17, 15) is 0 Å². The monoisotopic (exact) mass is 313 g/mol. The van der Waals surface area contributed by atoms with Gasteiger partial charge in [0.2, 0.25) is 11.9 Å². The fraction of sp³-hybridized carbons (Fsp3) is 0. The minimum atomic E-state index is 0.136. The summed E-state index contributed by atoms with van der Waals surface area (Å²) >= 11 is 2.22. The lowest BCUT2D eigenvalue weighted by molar-refractivity contribution is 1.09. The number of hydrogen-bond acceptors (Lipinski definition) is 5. The van der Waals surface area contributed by atoms with Crippen LogP contribution in [0.15, 0.2) is 24.3 Å². The van der Waals surface area contributed by atoms with Crippen molar-refractivity contribution in [2.24, 2.45) is 0 Å². The van der Waals surface area contributed by atoms with Gasteiger partial charge in [-0.25, -0.2) is 0 Å². The molecule has 0 aliphatic heterocycles. The fourth-order valence-corrected chi connectivity index (χ4v) is 1.71. The predicted octanol–water partition coefficient (Wildman–Crippen LogP) is 1.31. The Kier molecular flexibility index (Phi) is 2.67. The number of halogens is 1. The molecule has 1 heterocycles. The average Bonchev–Trinajstić information content (AvgIpc) is 2.16. The highest BCUT2D eigenvalue weighted by molar-refractivity contribution is 14.1. The summed E-state index contributed by atoms with van der Waals surface area (Å²) in [4.78, 5) is 11.7. The Morgan fingerprint density at radius 1 is 1.00 bits per heavy atom. The number of nitrogens with zero attached hydrogens (tertiary/aromatic N) is 3. The number of anilines is 2. The Hall–Kier alpha value is -1.44. The maximum Gasteiger partial charge on any atom is 0.225 e. The molecule has 0 bridgehead atoms. The van der Waals surface area contributed by atoms with E-state index in [1.807, 2.05) is 24.3 Å². The van der Waals surface area contributed by atoms with Crippen LogP contribution in [0.3, 0.4) is 0 Å². The lowest BCUT2D eigenvalue weighted by Gasteiger charge is -2.02. The van der Waals surface area contributed by atoms with Gasteiger partial charge in [-0.2, -0.15) is 15.0 Å². The van der Waals surface area contributed by atoms with Crippen LogP contribution < -0.4 is 11.5 Å². The molecule has 1 aromatic carbocycles. The summed E-state index contributed by atoms with van der Waals surface area (Å²) < 4.78 is 1.10. The second-order valence-corrected chi connectivity index (χ2v) is 4.13. The van der Waals surface area contributed by atoms with Gasteiger partial charge in [0.15, 0.2) is 5.82 Å². The van der Waals surface area contributed by atoms with E-state index < -0.39 is 0 Å². The molecule has 5 nitrogen and oxygen atoms in total. The molecule has 0 fully saturated rings. The van der Waals surface area contributed by atoms with E-state index in [1.165, 1.54) is 0 Å². The number of hydrogen-bond donors (Lipinski definition) is 2. The smallest absolute Gasteiger partial charge is 0.225 e. The molecule has 6 heteroatoms. The number of benzene rings is 1. The minimum Gasteiger partial charge on any atom is -0.368 e. The van der Waals surface area contributed by atoms with Crippen LogP contribution in [0.1, 0.15) is 0 Å². The van der Waals surface area contributed by atoms with Gasteiger partial charge in [-0.05, 0) is 34.7 Å². The molecule has 0 aliphatic rings. The van der Waals surface area contributed by atoms with Gasteiger partial charge in [-0.3, -0.25) is 0 Å². The lowest BCUT2D eigenvalue weighted by Crippen LogP contribution is -2.04. The Bertz CT molecular complexity index is 479. The van der Waals surface area contributed by atoms with Crippen LogP contribution >= 0.6 is 22.6 Å². The van der Waals surface area contributed by atoms with Gasteiger partial charge in [0.1, 0.15) is 0 Å². The third-order valence-corrected chi connectivity index (χ3v) is 2.42. The summed E-state index contributed by atoms with van der Waals surface area (Å²) in [6.07, 6.45) is 0. The molecule has 15 heavy (non-hydrogen) atoms. The summed E-state index contributed by atoms with van der Waals surface area (Å²) in [5, 5.41) is 0. The fourth-order valence-electron chi connectivity index (χ4n) is 1.17. The van der Waals surface area contributed by atoms with Crippen LogP contribution in [0.4, 0.5) is 11.9 Å². The van der Waals surface area contributed by atoms with Crippen molar-refractivity contribution in [3.05, 3.63) is 27.8 Å². The Morgan fingerprint density at radius 2 is 1.67 bits per heavy atom. The van der Waals surface area contributed by atoms with Gasteiger partial charge >= 0.3 is 0 Å². The van der Waals surface area contributed by atoms with Crippen LogP contribution in [0.5, 0.6) is 0 Å². The molecule has 0 unspecified atom stereocenters. The third-order valence-electron chi connectivity index (χ3n) is 1.75. The summed E-state index contributed by atoms with van der Waals surface area (Å²) in [5.41, 5.74) is 11.9. The maximum absolute atomic E-state index is 5.49. The second kappa shape index (κ2) is 3.97. The highest BCUT2D eigenvalue weighted by atomic mass is 127. The first-order valence-corrected chi connectivity index (χ1v) is 5.26. The number of aromatic nitrogens is 3. The van der Waals surface area contributed by atoms with Crippen molar-refractivity contribution in [3.63, 3.8) is 0 Å². The maximum atomic E-state index is 5.49. The normalized spacial score (nSPS) is 10.2. The zero-order valence-corrected chi connectivity index (χ0v) is 9.84. The van der Waals surface area contributed by atoms with E-state index in [0.717, 1.165) is 9.13 Å². The van der Waals surface area contributed by atoms with Crippen molar-refractivity contribution in [2.45, 2.75) is 0 Å². The van der Waals surface area contributed by atoms with Gasteiger partial charge in [0.25, 0.3) is 0 Å². The Balaban J connectivity index is 2.54. The van der Waals surface area contributed by atoms with Gasteiger partial charge in [-0.15, -0.1) is 0 Å². The summed E-state index contributed by atoms with van der Waals surface area (Å²) in [7, 11) is 0. The first-order chi connectivity index (χ1) is 7.15. The highest BCUT2D eigenvalue weighted by Crippen LogP contribution is 2.18. The van der Waals surface area contributed by atoms with Crippen molar-refractivity contribution in [2.75, 3.05) is 11.5 Å². The Labute approximate surface area is 100 Å². The molecule has 2 rings (SSSR count). The lowest BCUT2D eigenvalue weighted by atomic mass is 10.2. The molecule has 2 aromatic rings. The van der Waals surface area contributed by atoms with Crippen LogP contribution in [0, 0.1) is 3.57 Å². The van der Waals surface area contributed by atoms with Crippen molar-refractivity contribution < 1.29 is 0 Å². The molecule has 1 aromatic heterocycles. The molecule has 0 atom stereocenters. The zero-order chi connectivity index (χ0) is 10.8. The van der Waals surface area contributed by atoms with Gasteiger partial charge in [0.05, 0.1) is 0 Å². The van der Waals surface area contributed by atoms with Gasteiger partial charge in [-0.1, -0.05) is 12.1 Å². The summed E-state index contributed by atoms with van der Waals surface area (Å²) in [5.74, 6) is 0.770. The molecule has 0 radical (unpaired) electrons. The molecule has 0 spiro atoms. The van der Waals surface area contributed by atoms with Crippen LogP contribution in [-0.2, 0) is 0 Å². The van der Waals surface area contributed by atoms with E-state index in [4.69, 9.17) is 11.5 Å². The highest BCUT2D eigenvalue weighted by Gasteiger charge is 2.04. The topological polar surface area (TPSA) is 90.7 Å². The first kappa shape index (κ1) is 10.1. The second-order valence-electron chi connectivity index (χ2n) is 2.89. The van der Waals surface area contributed by atoms with Crippen LogP contribution in [0.2, 0.25) is 0 Å². The van der Waals surface area contributed by atoms with Crippen LogP contribution in [-0.4, -0.2) is 15.0 Å². The molecule has 0 saturated heterocycles. The minimum absolute atomic E-state index is 0.136. The summed E-state index contributed by atoms with van der Waals surface area (Å²) in [6, 6.07) is 7.76. The molecule has 76 valence electrons. The average molecular weight is 313 g/mol. The van der Waals surface area contributed by atoms with E-state index in [1.54, 1.807) is 0 Å². The van der Waals surface area contributed by atoms with Crippen molar-refractivity contribution in [1.29, 1.82) is 0 Å². The largest absolute Gasteiger partial charge is 0.368 e. The van der Waals surface area contributed by atoms with Crippen molar-refractivity contribution in [3.8, 4) is 11.4 Å². The number of nitrogen functional groups attached to an aromatic ring is 2. The molecule has 0 saturated carbocycles. The van der Waals surface area contributed by atoms with Crippen molar-refractivity contribution in [1.82, 2.24) is 15.0 Å². The zero-order valence-electron chi connectivity index (χ0n) is 7.68. The Morgan fingerprint density at radius 3 is 2.27 bits per heavy atom. The SMILES string of the molecule is Nc1nc(N)nc(-c2cccc(I)c2)n1. The number of rotatable bonds is 1. The molecular formula is C9H8IN5. The van der Waals surface area contributed by atoms with E-state index >= 15 is 0 Å². The molecule has 0 amide bonds. The predicted molar refractivity (Wildman–Crippen MR) is 66.8 cm³/mol. The molecular weight excluding hydrogens is 305 g/mol. The standard InChI is InChI=1S/C9H8IN5/c10-6-3-1-2-5(4-6)7-13-8(11)15-9(12)14-7/h1-4H,(H4,11,12,13,14,15). The van der Waals surface area contributed by atoms with E-state index in [0.29, 0.717) is 5.82 Å². The van der Waals surface area contributed by atoms with Gasteiger partial charge in [0, 0.05) is 9.13 Å². The molecule has 4 N–H and O–H groups in total. The summed E-state index contributed by atoms with van der Waals surface area (Å²) in [6.45, 7) is 0. The van der Waals surface area contributed by atoms with Gasteiger partial charge < -0.3 is 11.5 Å². The molecule has 0 aliphatic carbocycles. The first-order valence-electron chi connectivity index (χ1n) is 4.18. The van der Waals surface area contributed by atoms with Crippen LogP contribution in [0.25, 0.3) is 11.4 Å².